The molecule has 0 aliphatic carbocycles. The number of aromatic amines is 2. The molecule has 0 unspecified atom stereocenters. The Labute approximate surface area is 246 Å². The molecule has 216 valence electrons. The molecule has 4 N–H and O–H groups in total. The largest absolute Gasteiger partial charge is 0.497 e. The summed E-state index contributed by atoms with van der Waals surface area (Å²) in [7, 11) is 1.51. The number of carbonyl (C=O) groups excluding carboxylic acids is 1. The minimum atomic E-state index is -0.401. The van der Waals surface area contributed by atoms with E-state index in [4.69, 9.17) is 4.74 Å². The Morgan fingerprint density at radius 2 is 1.84 bits per heavy atom. The second-order valence-electron chi connectivity index (χ2n) is 10.8. The molecule has 1 aromatic carbocycles. The highest BCUT2D eigenvalue weighted by Crippen LogP contribution is 2.35. The van der Waals surface area contributed by atoms with Gasteiger partial charge >= 0.3 is 0 Å². The fourth-order valence-electron chi connectivity index (χ4n) is 5.72. The van der Waals surface area contributed by atoms with Crippen LogP contribution in [-0.2, 0) is 4.79 Å². The first-order chi connectivity index (χ1) is 21.0. The van der Waals surface area contributed by atoms with Crippen LogP contribution in [0.2, 0.25) is 0 Å². The first-order valence-corrected chi connectivity index (χ1v) is 14.2. The molecule has 5 aromatic heterocycles. The number of H-pyrrole nitrogens is 2. The zero-order chi connectivity index (χ0) is 29.3. The Balaban J connectivity index is 1.20. The van der Waals surface area contributed by atoms with Gasteiger partial charge in [-0.05, 0) is 68.2 Å². The van der Waals surface area contributed by atoms with Crippen molar-refractivity contribution in [3.63, 3.8) is 0 Å². The summed E-state index contributed by atoms with van der Waals surface area (Å²) in [5.41, 5.74) is 6.43. The molecule has 0 bridgehead atoms. The maximum atomic E-state index is 14.3. The van der Waals surface area contributed by atoms with Gasteiger partial charge < -0.3 is 20.4 Å². The number of halogens is 1. The van der Waals surface area contributed by atoms with Crippen LogP contribution in [0.3, 0.4) is 0 Å². The molecule has 1 fully saturated rings. The van der Waals surface area contributed by atoms with Crippen molar-refractivity contribution >= 4 is 33.4 Å². The molecule has 7 rings (SSSR count). The van der Waals surface area contributed by atoms with Crippen LogP contribution in [0, 0.1) is 11.7 Å². The molecule has 1 saturated heterocycles. The molecule has 10 nitrogen and oxygen atoms in total. The number of hydrogen-bond acceptors (Lipinski definition) is 7. The van der Waals surface area contributed by atoms with E-state index >= 15 is 0 Å². The molecule has 43 heavy (non-hydrogen) atoms. The third kappa shape index (κ3) is 5.42. The number of nitrogens with zero attached hydrogens (tertiary/aromatic N) is 4. The average Bonchev–Trinajstić information content (AvgIpc) is 3.65. The fraction of sp³-hybridized carbons (Fsp3) is 0.219. The summed E-state index contributed by atoms with van der Waals surface area (Å²) in [5, 5.41) is 15.7. The van der Waals surface area contributed by atoms with Crippen LogP contribution >= 0.6 is 0 Å². The third-order valence-corrected chi connectivity index (χ3v) is 7.88. The van der Waals surface area contributed by atoms with Crippen LogP contribution in [0.5, 0.6) is 5.75 Å². The van der Waals surface area contributed by atoms with Gasteiger partial charge in [0.15, 0.2) is 0 Å². The predicted molar refractivity (Wildman–Crippen MR) is 163 cm³/mol. The number of rotatable bonds is 7. The van der Waals surface area contributed by atoms with Gasteiger partial charge in [-0.25, -0.2) is 4.39 Å². The highest BCUT2D eigenvalue weighted by Gasteiger charge is 2.18. The van der Waals surface area contributed by atoms with Crippen LogP contribution in [0.15, 0.2) is 67.3 Å². The fourth-order valence-corrected chi connectivity index (χ4v) is 5.72. The maximum Gasteiger partial charge on any atom is 0.224 e. The Morgan fingerprint density at radius 1 is 0.977 bits per heavy atom. The lowest BCUT2D eigenvalue weighted by atomic mass is 9.94. The number of piperidine rings is 1. The topological polar surface area (TPSA) is 134 Å². The molecule has 1 aliphatic heterocycles. The molecule has 11 heteroatoms. The number of carbonyl (C=O) groups is 1. The zero-order valence-electron chi connectivity index (χ0n) is 23.4. The number of hydrogen-bond donors (Lipinski definition) is 4. The lowest BCUT2D eigenvalue weighted by Crippen LogP contribution is -2.30. The van der Waals surface area contributed by atoms with Crippen LogP contribution in [0.25, 0.3) is 55.7 Å². The summed E-state index contributed by atoms with van der Waals surface area (Å²) in [6.45, 7) is 1.91. The number of anilines is 1. The summed E-state index contributed by atoms with van der Waals surface area (Å²) in [6, 6.07) is 12.2. The van der Waals surface area contributed by atoms with Crippen LogP contribution in [-0.4, -0.2) is 56.2 Å². The summed E-state index contributed by atoms with van der Waals surface area (Å²) >= 11 is 0. The average molecular weight is 577 g/mol. The lowest BCUT2D eigenvalue weighted by molar-refractivity contribution is -0.117. The van der Waals surface area contributed by atoms with E-state index in [0.29, 0.717) is 46.4 Å². The smallest absolute Gasteiger partial charge is 0.224 e. The van der Waals surface area contributed by atoms with E-state index in [2.05, 4.69) is 40.8 Å². The Bertz CT molecular complexity index is 1960. The van der Waals surface area contributed by atoms with Crippen molar-refractivity contribution < 1.29 is 13.9 Å². The van der Waals surface area contributed by atoms with Crippen molar-refractivity contribution in [1.29, 1.82) is 0 Å². The summed E-state index contributed by atoms with van der Waals surface area (Å²) in [4.78, 5) is 29.6. The number of nitrogens with one attached hydrogen (secondary N) is 4. The number of pyridine rings is 3. The number of benzene rings is 1. The molecule has 0 atom stereocenters. The van der Waals surface area contributed by atoms with Crippen molar-refractivity contribution in [2.75, 3.05) is 25.5 Å². The van der Waals surface area contributed by atoms with Gasteiger partial charge in [0.05, 0.1) is 47.8 Å². The number of ether oxygens (including phenoxy) is 1. The molecule has 6 aromatic rings. The molecule has 1 amide bonds. The van der Waals surface area contributed by atoms with Crippen molar-refractivity contribution in [1.82, 2.24) is 35.5 Å². The van der Waals surface area contributed by atoms with E-state index in [9.17, 15) is 9.18 Å². The summed E-state index contributed by atoms with van der Waals surface area (Å²) < 4.78 is 19.6. The Kier molecular flexibility index (Phi) is 6.99. The Hall–Kier alpha value is -5.16. The van der Waals surface area contributed by atoms with Gasteiger partial charge in [-0.3, -0.25) is 24.8 Å². The summed E-state index contributed by atoms with van der Waals surface area (Å²) in [6.07, 6.45) is 9.32. The van der Waals surface area contributed by atoms with Gasteiger partial charge in [0.1, 0.15) is 17.3 Å². The van der Waals surface area contributed by atoms with Gasteiger partial charge in [-0.1, -0.05) is 0 Å². The standard InChI is InChI=1S/C32H29FN8O2/c1-43-23-11-19(9-21(33)12-23)31-24-14-28(39-26(24)4-7-36-31)32-25-13-27(37-17-29(25)40-41-32)20-10-22(16-35-15-20)38-30(42)8-18-2-5-34-6-3-18/h4,7,9-18,34,39H,2-3,5-6,8H2,1H3,(H,38,42)(H,40,41). The maximum absolute atomic E-state index is 14.3. The Morgan fingerprint density at radius 3 is 2.70 bits per heavy atom. The lowest BCUT2D eigenvalue weighted by Gasteiger charge is -2.21. The molecule has 0 radical (unpaired) electrons. The van der Waals surface area contributed by atoms with Gasteiger partial charge in [0.2, 0.25) is 5.91 Å². The van der Waals surface area contributed by atoms with E-state index < -0.39 is 5.82 Å². The van der Waals surface area contributed by atoms with Gasteiger partial charge in [-0.2, -0.15) is 5.10 Å². The molecular formula is C32H29FN8O2. The van der Waals surface area contributed by atoms with Crippen molar-refractivity contribution in [2.45, 2.75) is 19.3 Å². The second kappa shape index (κ2) is 11.3. The molecular weight excluding hydrogens is 547 g/mol. The highest BCUT2D eigenvalue weighted by atomic mass is 19.1. The first kappa shape index (κ1) is 26.7. The molecule has 0 spiro atoms. The molecule has 1 aliphatic rings. The van der Waals surface area contributed by atoms with E-state index in [1.165, 1.54) is 19.2 Å². The number of fused-ring (bicyclic) bond motifs is 2. The monoisotopic (exact) mass is 576 g/mol. The van der Waals surface area contributed by atoms with Gasteiger partial charge in [0, 0.05) is 52.3 Å². The van der Waals surface area contributed by atoms with Crippen LogP contribution in [0.4, 0.5) is 10.1 Å². The minimum Gasteiger partial charge on any atom is -0.497 e. The quantitative estimate of drug-likeness (QED) is 0.191. The summed E-state index contributed by atoms with van der Waals surface area (Å²) in [5.74, 6) is 0.412. The first-order valence-electron chi connectivity index (χ1n) is 14.2. The van der Waals surface area contributed by atoms with Gasteiger partial charge in [-0.15, -0.1) is 0 Å². The second-order valence-corrected chi connectivity index (χ2v) is 10.8. The van der Waals surface area contributed by atoms with E-state index in [0.717, 1.165) is 59.0 Å². The zero-order valence-corrected chi connectivity index (χ0v) is 23.4. The predicted octanol–water partition coefficient (Wildman–Crippen LogP) is 5.71. The molecule has 0 saturated carbocycles. The third-order valence-electron chi connectivity index (χ3n) is 7.88. The SMILES string of the molecule is COc1cc(F)cc(-c2nccc3[nH]c(-c4n[nH]c5cnc(-c6cncc(NC(=O)CC7CCNCC7)c6)cc45)cc23)c1. The normalized spacial score (nSPS) is 13.9. The van der Waals surface area contributed by atoms with Crippen molar-refractivity contribution in [2.24, 2.45) is 5.92 Å². The number of methoxy groups -OCH3 is 1. The van der Waals surface area contributed by atoms with Gasteiger partial charge in [0.25, 0.3) is 0 Å². The highest BCUT2D eigenvalue weighted by molar-refractivity contribution is 6.00. The van der Waals surface area contributed by atoms with Crippen molar-refractivity contribution in [3.05, 3.63) is 73.1 Å². The van der Waals surface area contributed by atoms with Crippen LogP contribution in [0.1, 0.15) is 19.3 Å². The number of amides is 1. The van der Waals surface area contributed by atoms with Crippen molar-refractivity contribution in [3.8, 4) is 39.7 Å². The van der Waals surface area contributed by atoms with Crippen LogP contribution < -0.4 is 15.4 Å². The molecule has 6 heterocycles. The minimum absolute atomic E-state index is 0.00395. The van der Waals surface area contributed by atoms with E-state index in [-0.39, 0.29) is 5.91 Å². The number of aromatic nitrogens is 6. The van der Waals surface area contributed by atoms with E-state index in [1.54, 1.807) is 30.9 Å². The van der Waals surface area contributed by atoms with E-state index in [1.807, 2.05) is 24.3 Å².